The van der Waals surface area contributed by atoms with E-state index in [1.807, 2.05) is 18.2 Å². The Labute approximate surface area is 133 Å². The molecule has 0 aliphatic carbocycles. The molecule has 0 amide bonds. The molecule has 0 saturated heterocycles. The van der Waals surface area contributed by atoms with Gasteiger partial charge >= 0.3 is 5.97 Å². The number of nitrogens with zero attached hydrogens (tertiary/aromatic N) is 1. The third-order valence-corrected chi connectivity index (χ3v) is 2.71. The van der Waals surface area contributed by atoms with E-state index in [9.17, 15) is 9.18 Å². The van der Waals surface area contributed by atoms with Crippen molar-refractivity contribution in [3.63, 3.8) is 0 Å². The lowest BCUT2D eigenvalue weighted by molar-refractivity contribution is -0.135. The summed E-state index contributed by atoms with van der Waals surface area (Å²) in [6, 6.07) is 14.8. The number of ether oxygens (including phenoxy) is 1. The van der Waals surface area contributed by atoms with Crippen LogP contribution in [-0.4, -0.2) is 18.4 Å². The largest absolute Gasteiger partial charge is 0.460 e. The summed E-state index contributed by atoms with van der Waals surface area (Å²) in [6.45, 7) is 1.93. The third kappa shape index (κ3) is 5.31. The molecular weight excluding hydrogens is 299 g/mol. The van der Waals surface area contributed by atoms with Gasteiger partial charge in [0.2, 0.25) is 0 Å². The first-order valence-electron chi connectivity index (χ1n) is 7.02. The van der Waals surface area contributed by atoms with E-state index in [2.05, 4.69) is 21.4 Å². The number of halogens is 1. The number of rotatable bonds is 5. The van der Waals surface area contributed by atoms with Crippen molar-refractivity contribution in [2.24, 2.45) is 5.10 Å². The second-order valence-corrected chi connectivity index (χ2v) is 4.42. The molecule has 3 N–H and O–H groups in total. The molecule has 0 saturated carbocycles. The summed E-state index contributed by atoms with van der Waals surface area (Å²) in [5.41, 5.74) is 9.46. The smallest absolute Gasteiger partial charge is 0.377 e. The number of hydrazine groups is 1. The van der Waals surface area contributed by atoms with E-state index in [1.54, 1.807) is 19.1 Å². The Morgan fingerprint density at radius 1 is 1.09 bits per heavy atom. The van der Waals surface area contributed by atoms with Crippen LogP contribution in [0.4, 0.5) is 15.8 Å². The van der Waals surface area contributed by atoms with Crippen LogP contribution in [0, 0.1) is 5.82 Å². The van der Waals surface area contributed by atoms with E-state index < -0.39 is 5.97 Å². The van der Waals surface area contributed by atoms with Crippen molar-refractivity contribution in [1.29, 1.82) is 0 Å². The van der Waals surface area contributed by atoms with Crippen LogP contribution in [0.2, 0.25) is 0 Å². The highest BCUT2D eigenvalue weighted by molar-refractivity contribution is 6.35. The van der Waals surface area contributed by atoms with Gasteiger partial charge in [-0.3, -0.25) is 16.3 Å². The van der Waals surface area contributed by atoms with Crippen LogP contribution in [0.1, 0.15) is 6.92 Å². The van der Waals surface area contributed by atoms with E-state index in [0.29, 0.717) is 5.69 Å². The number of carbonyl (C=O) groups excluding carboxylic acids is 1. The Balaban J connectivity index is 2.04. The molecule has 0 aromatic heterocycles. The number of amidine groups is 1. The highest BCUT2D eigenvalue weighted by Gasteiger charge is 2.12. The maximum atomic E-state index is 12.9. The summed E-state index contributed by atoms with van der Waals surface area (Å²) in [5, 5.41) is 3.99. The second-order valence-electron chi connectivity index (χ2n) is 4.42. The van der Waals surface area contributed by atoms with Crippen LogP contribution < -0.4 is 16.3 Å². The number of hydrogen-bond donors (Lipinski definition) is 3. The van der Waals surface area contributed by atoms with Crippen LogP contribution in [0.3, 0.4) is 0 Å². The fraction of sp³-hybridized carbons (Fsp3) is 0.125. The lowest BCUT2D eigenvalue weighted by Crippen LogP contribution is -2.37. The average molecular weight is 316 g/mol. The molecule has 0 heterocycles. The minimum atomic E-state index is -0.620. The molecule has 2 rings (SSSR count). The maximum absolute atomic E-state index is 12.9. The molecule has 2 aromatic rings. The number of esters is 1. The van der Waals surface area contributed by atoms with Crippen molar-refractivity contribution in [3.05, 3.63) is 60.4 Å². The van der Waals surface area contributed by atoms with Gasteiger partial charge in [0, 0.05) is 0 Å². The minimum Gasteiger partial charge on any atom is -0.460 e. The Hall–Kier alpha value is -3.09. The van der Waals surface area contributed by atoms with Crippen molar-refractivity contribution in [3.8, 4) is 0 Å². The topological polar surface area (TPSA) is 74.8 Å². The van der Waals surface area contributed by atoms with Crippen LogP contribution in [-0.2, 0) is 9.53 Å². The van der Waals surface area contributed by atoms with Gasteiger partial charge in [0.25, 0.3) is 5.84 Å². The molecule has 0 aliphatic rings. The van der Waals surface area contributed by atoms with Crippen molar-refractivity contribution in [2.75, 3.05) is 17.5 Å². The lowest BCUT2D eigenvalue weighted by Gasteiger charge is -2.11. The van der Waals surface area contributed by atoms with E-state index in [4.69, 9.17) is 4.74 Å². The molecule has 0 radical (unpaired) electrons. The first-order valence-corrected chi connectivity index (χ1v) is 7.02. The summed E-state index contributed by atoms with van der Waals surface area (Å²) in [5.74, 6) is -1.02. The molecule has 0 bridgehead atoms. The lowest BCUT2D eigenvalue weighted by atomic mass is 10.3. The quantitative estimate of drug-likeness (QED) is 0.342. The van der Waals surface area contributed by atoms with Crippen molar-refractivity contribution in [2.45, 2.75) is 6.92 Å². The minimum absolute atomic E-state index is 0.0555. The molecule has 7 heteroatoms. The standard InChI is InChI=1S/C16H17FN4O2/c1-2-23-16(22)15(20-18-13-6-4-3-5-7-13)21-19-14-10-8-12(17)9-11-14/h3-11,18-19H,2H2,1H3,(H,20,21). The summed E-state index contributed by atoms with van der Waals surface area (Å²) in [6.07, 6.45) is 0. The third-order valence-electron chi connectivity index (χ3n) is 2.71. The Bertz CT molecular complexity index is 660. The molecule has 0 fully saturated rings. The Morgan fingerprint density at radius 2 is 1.78 bits per heavy atom. The predicted octanol–water partition coefficient (Wildman–Crippen LogP) is 2.73. The number of nitrogens with one attached hydrogen (secondary N) is 3. The molecule has 0 aliphatic heterocycles. The zero-order valence-corrected chi connectivity index (χ0v) is 12.5. The first kappa shape index (κ1) is 16.3. The molecule has 120 valence electrons. The van der Waals surface area contributed by atoms with Gasteiger partial charge in [-0.15, -0.1) is 5.10 Å². The van der Waals surface area contributed by atoms with Crippen molar-refractivity contribution >= 4 is 23.2 Å². The van der Waals surface area contributed by atoms with Gasteiger partial charge in [0.1, 0.15) is 5.82 Å². The number of anilines is 2. The SMILES string of the molecule is CCOC(=O)/C(=N\Nc1ccccc1)NNc1ccc(F)cc1. The van der Waals surface area contributed by atoms with E-state index in [1.165, 1.54) is 24.3 Å². The predicted molar refractivity (Wildman–Crippen MR) is 87.3 cm³/mol. The summed E-state index contributed by atoms with van der Waals surface area (Å²) >= 11 is 0. The average Bonchev–Trinajstić information content (AvgIpc) is 2.57. The van der Waals surface area contributed by atoms with E-state index in [0.717, 1.165) is 5.69 Å². The monoisotopic (exact) mass is 316 g/mol. The normalized spacial score (nSPS) is 10.8. The van der Waals surface area contributed by atoms with Crippen LogP contribution >= 0.6 is 0 Å². The van der Waals surface area contributed by atoms with Gasteiger partial charge < -0.3 is 4.74 Å². The Morgan fingerprint density at radius 3 is 2.43 bits per heavy atom. The molecule has 0 atom stereocenters. The fourth-order valence-electron chi connectivity index (χ4n) is 1.62. The van der Waals surface area contributed by atoms with Crippen LogP contribution in [0.15, 0.2) is 59.7 Å². The van der Waals surface area contributed by atoms with Gasteiger partial charge in [0.15, 0.2) is 0 Å². The van der Waals surface area contributed by atoms with E-state index >= 15 is 0 Å². The van der Waals surface area contributed by atoms with Gasteiger partial charge in [-0.2, -0.15) is 0 Å². The van der Waals surface area contributed by atoms with Crippen LogP contribution in [0.25, 0.3) is 0 Å². The first-order chi connectivity index (χ1) is 11.2. The number of benzene rings is 2. The molecule has 23 heavy (non-hydrogen) atoms. The molecular formula is C16H17FN4O2. The number of para-hydroxylation sites is 1. The number of hydrogen-bond acceptors (Lipinski definition) is 5. The van der Waals surface area contributed by atoms with Crippen LogP contribution in [0.5, 0.6) is 0 Å². The number of hydrazone groups is 1. The van der Waals surface area contributed by atoms with E-state index in [-0.39, 0.29) is 18.3 Å². The molecule has 6 nitrogen and oxygen atoms in total. The second kappa shape index (κ2) is 8.38. The van der Waals surface area contributed by atoms with Crippen molar-refractivity contribution < 1.29 is 13.9 Å². The van der Waals surface area contributed by atoms with Gasteiger partial charge in [-0.1, -0.05) is 18.2 Å². The molecule has 0 spiro atoms. The van der Waals surface area contributed by atoms with Crippen molar-refractivity contribution in [1.82, 2.24) is 5.43 Å². The zero-order chi connectivity index (χ0) is 16.5. The zero-order valence-electron chi connectivity index (χ0n) is 12.5. The van der Waals surface area contributed by atoms with Gasteiger partial charge in [-0.05, 0) is 43.3 Å². The van der Waals surface area contributed by atoms with Gasteiger partial charge in [0.05, 0.1) is 18.0 Å². The summed E-state index contributed by atoms with van der Waals surface area (Å²) in [7, 11) is 0. The maximum Gasteiger partial charge on any atom is 0.377 e. The highest BCUT2D eigenvalue weighted by Crippen LogP contribution is 2.07. The summed E-state index contributed by atoms with van der Waals surface area (Å²) < 4.78 is 17.8. The fourth-order valence-corrected chi connectivity index (χ4v) is 1.62. The molecule has 0 unspecified atom stereocenters. The van der Waals surface area contributed by atoms with Gasteiger partial charge in [-0.25, -0.2) is 9.18 Å². The molecule has 2 aromatic carbocycles. The highest BCUT2D eigenvalue weighted by atomic mass is 19.1. The number of carbonyl (C=O) groups is 1. The summed E-state index contributed by atoms with van der Waals surface area (Å²) in [4.78, 5) is 11.9. The Kier molecular flexibility index (Phi) is 5.93.